The quantitative estimate of drug-likeness (QED) is 0.664. The highest BCUT2D eigenvalue weighted by Crippen LogP contribution is 2.33. The summed E-state index contributed by atoms with van der Waals surface area (Å²) in [7, 11) is 0. The number of hydrogen-bond donors (Lipinski definition) is 2. The Morgan fingerprint density at radius 2 is 2.10 bits per heavy atom. The molecule has 0 fully saturated rings. The van der Waals surface area contributed by atoms with E-state index in [1.54, 1.807) is 0 Å². The van der Waals surface area contributed by atoms with Gasteiger partial charge in [0.25, 0.3) is 0 Å². The lowest BCUT2D eigenvalue weighted by atomic mass is 9.81. The summed E-state index contributed by atoms with van der Waals surface area (Å²) in [6.07, 6.45) is 4.89. The van der Waals surface area contributed by atoms with E-state index < -0.39 is 0 Å². The van der Waals surface area contributed by atoms with Crippen molar-refractivity contribution in [2.24, 2.45) is 5.16 Å². The molecule has 110 valence electrons. The molecule has 1 aliphatic carbocycles. The first-order chi connectivity index (χ1) is 10.3. The third-order valence-corrected chi connectivity index (χ3v) is 4.25. The number of unbranched alkanes of at least 4 members (excludes halogenated alkanes) is 1. The van der Waals surface area contributed by atoms with E-state index in [4.69, 9.17) is 0 Å². The molecule has 0 bridgehead atoms. The number of hydrogen-bond acceptors (Lipinski definition) is 3. The Morgan fingerprint density at radius 1 is 1.29 bits per heavy atom. The van der Waals surface area contributed by atoms with Gasteiger partial charge >= 0.3 is 0 Å². The molecule has 1 aromatic carbocycles. The molecule has 0 unspecified atom stereocenters. The fourth-order valence-electron chi connectivity index (χ4n) is 3.14. The molecular formula is C17H21N3O. The van der Waals surface area contributed by atoms with E-state index in [2.05, 4.69) is 46.5 Å². The van der Waals surface area contributed by atoms with Gasteiger partial charge in [0.05, 0.1) is 11.4 Å². The number of benzene rings is 1. The molecule has 0 aliphatic heterocycles. The predicted octanol–water partition coefficient (Wildman–Crippen LogP) is 3.66. The second-order valence-corrected chi connectivity index (χ2v) is 5.69. The molecule has 0 amide bonds. The molecule has 4 heteroatoms. The first-order valence-corrected chi connectivity index (χ1v) is 7.65. The minimum Gasteiger partial charge on any atom is -0.411 e. The highest BCUT2D eigenvalue weighted by atomic mass is 16.4. The van der Waals surface area contributed by atoms with Gasteiger partial charge < -0.3 is 5.21 Å². The van der Waals surface area contributed by atoms with Gasteiger partial charge in [0.1, 0.15) is 0 Å². The maximum absolute atomic E-state index is 9.42. The minimum atomic E-state index is 0.351. The van der Waals surface area contributed by atoms with E-state index in [0.29, 0.717) is 5.92 Å². The first-order valence-electron chi connectivity index (χ1n) is 7.65. The van der Waals surface area contributed by atoms with E-state index in [1.165, 1.54) is 5.56 Å². The fraction of sp³-hybridized carbons (Fsp3) is 0.412. The van der Waals surface area contributed by atoms with Crippen molar-refractivity contribution in [1.82, 2.24) is 10.2 Å². The lowest BCUT2D eigenvalue weighted by Crippen LogP contribution is -2.20. The zero-order valence-corrected chi connectivity index (χ0v) is 12.3. The normalized spacial score (nSPS) is 19.7. The third kappa shape index (κ3) is 2.71. The highest BCUT2D eigenvalue weighted by molar-refractivity contribution is 6.03. The molecule has 1 aromatic heterocycles. The summed E-state index contributed by atoms with van der Waals surface area (Å²) in [6, 6.07) is 10.4. The Labute approximate surface area is 124 Å². The number of aromatic nitrogens is 2. The van der Waals surface area contributed by atoms with Crippen LogP contribution in [0.2, 0.25) is 0 Å². The number of nitrogens with one attached hydrogen (secondary N) is 1. The van der Waals surface area contributed by atoms with Crippen LogP contribution in [0.25, 0.3) is 0 Å². The standard InChI is InChI=1S/C17H21N3O/c1-2-3-9-14-17-15(19-18-14)10-13(11-16(17)20-21)12-7-5-4-6-8-12/h4-8,13,21H,2-3,9-11H2,1H3,(H,18,19)/b20-16+/t13-/m0/s1. The SMILES string of the molecule is CCCCc1n[nH]c2c1/C(=N/O)C[C@@H](c1ccccc1)C2. The molecule has 4 nitrogen and oxygen atoms in total. The average Bonchev–Trinajstić information content (AvgIpc) is 2.96. The molecule has 2 N–H and O–H groups in total. The second kappa shape index (κ2) is 6.12. The number of H-pyrrole nitrogens is 1. The number of oxime groups is 1. The molecule has 1 atom stereocenters. The number of rotatable bonds is 4. The Bertz CT molecular complexity index is 631. The van der Waals surface area contributed by atoms with Crippen LogP contribution < -0.4 is 0 Å². The van der Waals surface area contributed by atoms with Crippen molar-refractivity contribution in [3.05, 3.63) is 52.8 Å². The van der Waals surface area contributed by atoms with Crippen LogP contribution >= 0.6 is 0 Å². The smallest absolute Gasteiger partial charge is 0.0911 e. The fourth-order valence-corrected chi connectivity index (χ4v) is 3.14. The molecule has 0 saturated carbocycles. The van der Waals surface area contributed by atoms with Gasteiger partial charge in [0.15, 0.2) is 0 Å². The van der Waals surface area contributed by atoms with Crippen molar-refractivity contribution in [3.63, 3.8) is 0 Å². The summed E-state index contributed by atoms with van der Waals surface area (Å²) in [5.74, 6) is 0.351. The van der Waals surface area contributed by atoms with Crippen molar-refractivity contribution in [2.75, 3.05) is 0 Å². The summed E-state index contributed by atoms with van der Waals surface area (Å²) in [5.41, 5.74) is 5.26. The summed E-state index contributed by atoms with van der Waals surface area (Å²) in [4.78, 5) is 0. The van der Waals surface area contributed by atoms with E-state index >= 15 is 0 Å². The van der Waals surface area contributed by atoms with Gasteiger partial charge in [-0.15, -0.1) is 0 Å². The lowest BCUT2D eigenvalue weighted by Gasteiger charge is -2.23. The van der Waals surface area contributed by atoms with Gasteiger partial charge in [-0.2, -0.15) is 5.10 Å². The van der Waals surface area contributed by atoms with Gasteiger partial charge in [0.2, 0.25) is 0 Å². The largest absolute Gasteiger partial charge is 0.411 e. The minimum absolute atomic E-state index is 0.351. The molecule has 1 aliphatic rings. The average molecular weight is 283 g/mol. The van der Waals surface area contributed by atoms with Crippen LogP contribution in [-0.4, -0.2) is 21.1 Å². The van der Waals surface area contributed by atoms with Gasteiger partial charge in [0, 0.05) is 17.7 Å². The topological polar surface area (TPSA) is 61.3 Å². The van der Waals surface area contributed by atoms with Gasteiger partial charge in [-0.25, -0.2) is 0 Å². The van der Waals surface area contributed by atoms with Crippen molar-refractivity contribution in [1.29, 1.82) is 0 Å². The Balaban J connectivity index is 1.91. The van der Waals surface area contributed by atoms with Crippen LogP contribution in [0.5, 0.6) is 0 Å². The monoisotopic (exact) mass is 283 g/mol. The summed E-state index contributed by atoms with van der Waals surface area (Å²) in [5, 5.41) is 20.6. The van der Waals surface area contributed by atoms with Crippen LogP contribution in [-0.2, 0) is 12.8 Å². The summed E-state index contributed by atoms with van der Waals surface area (Å²) in [6.45, 7) is 2.17. The van der Waals surface area contributed by atoms with Gasteiger partial charge in [-0.05, 0) is 30.7 Å². The Kier molecular flexibility index (Phi) is 4.04. The molecule has 2 aromatic rings. The maximum Gasteiger partial charge on any atom is 0.0911 e. The molecule has 21 heavy (non-hydrogen) atoms. The predicted molar refractivity (Wildman–Crippen MR) is 83.0 cm³/mol. The van der Waals surface area contributed by atoms with E-state index in [0.717, 1.165) is 54.8 Å². The van der Waals surface area contributed by atoms with Crippen molar-refractivity contribution in [3.8, 4) is 0 Å². The highest BCUT2D eigenvalue weighted by Gasteiger charge is 2.29. The zero-order chi connectivity index (χ0) is 14.7. The van der Waals surface area contributed by atoms with E-state index in [1.807, 2.05) is 6.07 Å². The van der Waals surface area contributed by atoms with Crippen LogP contribution in [0, 0.1) is 0 Å². The van der Waals surface area contributed by atoms with E-state index in [-0.39, 0.29) is 0 Å². The molecular weight excluding hydrogens is 262 g/mol. The summed E-state index contributed by atoms with van der Waals surface area (Å²) < 4.78 is 0. The molecule has 1 heterocycles. The third-order valence-electron chi connectivity index (χ3n) is 4.25. The van der Waals surface area contributed by atoms with Crippen LogP contribution in [0.1, 0.15) is 54.6 Å². The second-order valence-electron chi connectivity index (χ2n) is 5.69. The van der Waals surface area contributed by atoms with Crippen LogP contribution in [0.3, 0.4) is 0 Å². The van der Waals surface area contributed by atoms with Crippen molar-refractivity contribution < 1.29 is 5.21 Å². The number of nitrogens with zero attached hydrogens (tertiary/aromatic N) is 2. The first kappa shape index (κ1) is 13.9. The Hall–Kier alpha value is -2.10. The van der Waals surface area contributed by atoms with Crippen LogP contribution in [0.15, 0.2) is 35.5 Å². The number of aromatic amines is 1. The lowest BCUT2D eigenvalue weighted by molar-refractivity contribution is 0.317. The maximum atomic E-state index is 9.42. The molecule has 0 spiro atoms. The van der Waals surface area contributed by atoms with Gasteiger partial charge in [-0.3, -0.25) is 5.10 Å². The number of fused-ring (bicyclic) bond motifs is 1. The molecule has 0 saturated heterocycles. The Morgan fingerprint density at radius 3 is 2.81 bits per heavy atom. The van der Waals surface area contributed by atoms with Crippen LogP contribution in [0.4, 0.5) is 0 Å². The molecule has 3 rings (SSSR count). The molecule has 0 radical (unpaired) electrons. The van der Waals surface area contributed by atoms with Crippen molar-refractivity contribution >= 4 is 5.71 Å². The number of aryl methyl sites for hydroxylation is 1. The van der Waals surface area contributed by atoms with E-state index in [9.17, 15) is 5.21 Å². The zero-order valence-electron chi connectivity index (χ0n) is 12.3. The summed E-state index contributed by atoms with van der Waals surface area (Å²) >= 11 is 0. The van der Waals surface area contributed by atoms with Crippen molar-refractivity contribution in [2.45, 2.75) is 44.9 Å². The van der Waals surface area contributed by atoms with Gasteiger partial charge in [-0.1, -0.05) is 48.8 Å².